The molecular weight excluding hydrogens is 278 g/mol. The summed E-state index contributed by atoms with van der Waals surface area (Å²) in [4.78, 5) is 10.5. The summed E-state index contributed by atoms with van der Waals surface area (Å²) in [5.41, 5.74) is 6.03. The minimum absolute atomic E-state index is 0.0752. The van der Waals surface area contributed by atoms with Gasteiger partial charge in [0.05, 0.1) is 18.0 Å². The lowest BCUT2D eigenvalue weighted by atomic mass is 10.0. The number of ether oxygens (including phenoxy) is 1. The fourth-order valence-electron chi connectivity index (χ4n) is 1.31. The third kappa shape index (κ3) is 2.86. The Morgan fingerprint density at radius 1 is 1.62 bits per heavy atom. The van der Waals surface area contributed by atoms with Crippen molar-refractivity contribution < 1.29 is 19.7 Å². The van der Waals surface area contributed by atoms with Crippen LogP contribution in [0.1, 0.15) is 18.0 Å². The van der Waals surface area contributed by atoms with E-state index >= 15 is 0 Å². The van der Waals surface area contributed by atoms with Crippen LogP contribution in [0.2, 0.25) is 0 Å². The molecule has 0 radical (unpaired) electrons. The summed E-state index contributed by atoms with van der Waals surface area (Å²) in [6.07, 6.45) is -0.244. The summed E-state index contributed by atoms with van der Waals surface area (Å²) < 4.78 is 5.59. The van der Waals surface area contributed by atoms with Crippen LogP contribution in [0.5, 0.6) is 11.5 Å². The Balaban J connectivity index is 3.05. The Morgan fingerprint density at radius 3 is 2.75 bits per heavy atom. The first-order chi connectivity index (χ1) is 7.45. The van der Waals surface area contributed by atoms with Crippen LogP contribution < -0.4 is 10.5 Å². The molecule has 0 amide bonds. The number of phenols is 1. The summed E-state index contributed by atoms with van der Waals surface area (Å²) in [6, 6.07) is 2.20. The van der Waals surface area contributed by atoms with Crippen LogP contribution in [-0.4, -0.2) is 23.3 Å². The Hall–Kier alpha value is -1.27. The molecule has 1 atom stereocenters. The number of hydrogen-bond acceptors (Lipinski definition) is 4. The maximum absolute atomic E-state index is 10.5. The van der Waals surface area contributed by atoms with Gasteiger partial charge < -0.3 is 20.7 Å². The van der Waals surface area contributed by atoms with E-state index in [2.05, 4.69) is 15.9 Å². The molecule has 0 spiro atoms. The molecule has 0 saturated carbocycles. The normalized spacial score (nSPS) is 12.2. The SMILES string of the molecule is COc1cc(O)c(C(N)CC(=O)O)cc1Br. The van der Waals surface area contributed by atoms with E-state index in [1.807, 2.05) is 0 Å². The number of benzene rings is 1. The molecule has 1 unspecified atom stereocenters. The van der Waals surface area contributed by atoms with Crippen LogP contribution in [0, 0.1) is 0 Å². The standard InChI is InChI=1S/C10H12BrNO4/c1-16-9-4-8(13)5(2-6(9)11)7(12)3-10(14)15/h2,4,7,13H,3,12H2,1H3,(H,14,15). The van der Waals surface area contributed by atoms with Crippen molar-refractivity contribution in [3.8, 4) is 11.5 Å². The summed E-state index contributed by atoms with van der Waals surface area (Å²) in [5.74, 6) is -0.628. The van der Waals surface area contributed by atoms with Gasteiger partial charge in [-0.25, -0.2) is 0 Å². The van der Waals surface area contributed by atoms with E-state index in [4.69, 9.17) is 15.6 Å². The molecule has 0 fully saturated rings. The van der Waals surface area contributed by atoms with E-state index in [-0.39, 0.29) is 12.2 Å². The van der Waals surface area contributed by atoms with Crippen molar-refractivity contribution in [3.63, 3.8) is 0 Å². The molecule has 0 aliphatic heterocycles. The largest absolute Gasteiger partial charge is 0.507 e. The maximum atomic E-state index is 10.5. The molecule has 1 aromatic carbocycles. The lowest BCUT2D eigenvalue weighted by Gasteiger charge is -2.13. The molecule has 0 aliphatic rings. The summed E-state index contributed by atoms with van der Waals surface area (Å²) in [5, 5.41) is 18.3. The molecule has 16 heavy (non-hydrogen) atoms. The zero-order valence-electron chi connectivity index (χ0n) is 8.61. The average molecular weight is 290 g/mol. The second-order valence-electron chi connectivity index (χ2n) is 3.25. The molecular formula is C10H12BrNO4. The van der Waals surface area contributed by atoms with Gasteiger partial charge in [-0.1, -0.05) is 0 Å². The van der Waals surface area contributed by atoms with Gasteiger partial charge in [0.2, 0.25) is 0 Å². The number of aliphatic carboxylic acids is 1. The average Bonchev–Trinajstić information content (AvgIpc) is 2.19. The van der Waals surface area contributed by atoms with Crippen LogP contribution in [0.25, 0.3) is 0 Å². The molecule has 1 aromatic rings. The first-order valence-corrected chi connectivity index (χ1v) is 5.28. The number of aromatic hydroxyl groups is 1. The van der Waals surface area contributed by atoms with E-state index in [0.717, 1.165) is 0 Å². The molecule has 0 bridgehead atoms. The fraction of sp³-hybridized carbons (Fsp3) is 0.300. The predicted octanol–water partition coefficient (Wildman–Crippen LogP) is 1.64. The molecule has 0 saturated heterocycles. The van der Waals surface area contributed by atoms with Crippen LogP contribution in [-0.2, 0) is 4.79 Å². The van der Waals surface area contributed by atoms with Crippen LogP contribution >= 0.6 is 15.9 Å². The number of carbonyl (C=O) groups is 1. The second kappa shape index (κ2) is 5.18. The van der Waals surface area contributed by atoms with Crippen molar-refractivity contribution in [2.24, 2.45) is 5.73 Å². The Morgan fingerprint density at radius 2 is 2.25 bits per heavy atom. The molecule has 5 nitrogen and oxygen atoms in total. The zero-order chi connectivity index (χ0) is 12.3. The smallest absolute Gasteiger partial charge is 0.305 e. The van der Waals surface area contributed by atoms with Gasteiger partial charge >= 0.3 is 5.97 Å². The van der Waals surface area contributed by atoms with Crippen LogP contribution in [0.15, 0.2) is 16.6 Å². The first-order valence-electron chi connectivity index (χ1n) is 4.49. The van der Waals surface area contributed by atoms with E-state index < -0.39 is 12.0 Å². The molecule has 0 heterocycles. The summed E-state index contributed by atoms with van der Waals surface area (Å²) in [7, 11) is 1.47. The number of rotatable bonds is 4. The van der Waals surface area contributed by atoms with Gasteiger partial charge in [-0.2, -0.15) is 0 Å². The van der Waals surface area contributed by atoms with Gasteiger partial charge in [-0.15, -0.1) is 0 Å². The number of phenolic OH excluding ortho intramolecular Hbond substituents is 1. The van der Waals surface area contributed by atoms with Crippen molar-refractivity contribution in [3.05, 3.63) is 22.2 Å². The van der Waals surface area contributed by atoms with Crippen LogP contribution in [0.4, 0.5) is 0 Å². The van der Waals surface area contributed by atoms with Crippen LogP contribution in [0.3, 0.4) is 0 Å². The van der Waals surface area contributed by atoms with Gasteiger partial charge in [0.1, 0.15) is 11.5 Å². The van der Waals surface area contributed by atoms with Gasteiger partial charge in [-0.3, -0.25) is 4.79 Å². The summed E-state index contributed by atoms with van der Waals surface area (Å²) >= 11 is 3.24. The molecule has 88 valence electrons. The minimum Gasteiger partial charge on any atom is -0.507 e. The third-order valence-electron chi connectivity index (χ3n) is 2.10. The van der Waals surface area contributed by atoms with Gasteiger partial charge in [0, 0.05) is 17.7 Å². The number of methoxy groups -OCH3 is 1. The van der Waals surface area contributed by atoms with Crippen molar-refractivity contribution in [1.82, 2.24) is 0 Å². The number of carboxylic acids is 1. The second-order valence-corrected chi connectivity index (χ2v) is 4.10. The zero-order valence-corrected chi connectivity index (χ0v) is 10.2. The molecule has 0 aliphatic carbocycles. The highest BCUT2D eigenvalue weighted by Gasteiger charge is 2.16. The van der Waals surface area contributed by atoms with E-state index in [1.165, 1.54) is 13.2 Å². The number of nitrogens with two attached hydrogens (primary N) is 1. The Labute approximate surface area is 101 Å². The summed E-state index contributed by atoms with van der Waals surface area (Å²) in [6.45, 7) is 0. The lowest BCUT2D eigenvalue weighted by Crippen LogP contribution is -2.15. The van der Waals surface area contributed by atoms with E-state index in [0.29, 0.717) is 15.8 Å². The highest BCUT2D eigenvalue weighted by molar-refractivity contribution is 9.10. The topological polar surface area (TPSA) is 92.8 Å². The molecule has 6 heteroatoms. The van der Waals surface area contributed by atoms with Gasteiger partial charge in [0.25, 0.3) is 0 Å². The first kappa shape index (κ1) is 12.8. The number of carboxylic acid groups (broad SMARTS) is 1. The van der Waals surface area contributed by atoms with Gasteiger partial charge in [0.15, 0.2) is 0 Å². The monoisotopic (exact) mass is 289 g/mol. The van der Waals surface area contributed by atoms with Gasteiger partial charge in [-0.05, 0) is 22.0 Å². The molecule has 1 rings (SSSR count). The van der Waals surface area contributed by atoms with Crippen molar-refractivity contribution >= 4 is 21.9 Å². The Bertz CT molecular complexity index is 408. The number of hydrogen-bond donors (Lipinski definition) is 3. The fourth-order valence-corrected chi connectivity index (χ4v) is 1.83. The Kier molecular flexibility index (Phi) is 4.14. The van der Waals surface area contributed by atoms with Crippen molar-refractivity contribution in [2.75, 3.05) is 7.11 Å². The van der Waals surface area contributed by atoms with Crippen molar-refractivity contribution in [1.29, 1.82) is 0 Å². The quantitative estimate of drug-likeness (QED) is 0.784. The number of halogens is 1. The minimum atomic E-state index is -1.01. The lowest BCUT2D eigenvalue weighted by molar-refractivity contribution is -0.137. The highest BCUT2D eigenvalue weighted by Crippen LogP contribution is 2.35. The van der Waals surface area contributed by atoms with E-state index in [1.54, 1.807) is 6.07 Å². The maximum Gasteiger partial charge on any atom is 0.305 e. The molecule has 4 N–H and O–H groups in total. The van der Waals surface area contributed by atoms with Crippen molar-refractivity contribution in [2.45, 2.75) is 12.5 Å². The predicted molar refractivity (Wildman–Crippen MR) is 61.5 cm³/mol. The molecule has 0 aromatic heterocycles. The highest BCUT2D eigenvalue weighted by atomic mass is 79.9. The van der Waals surface area contributed by atoms with E-state index in [9.17, 15) is 9.90 Å². The third-order valence-corrected chi connectivity index (χ3v) is 2.71.